The molecule has 0 radical (unpaired) electrons. The Hall–Kier alpha value is -2.59. The second kappa shape index (κ2) is 4.83. The van der Waals surface area contributed by atoms with Crippen molar-refractivity contribution in [2.24, 2.45) is 0 Å². The third-order valence-electron chi connectivity index (χ3n) is 3.31. The first kappa shape index (κ1) is 12.4. The van der Waals surface area contributed by atoms with Gasteiger partial charge in [0.15, 0.2) is 0 Å². The molecule has 0 saturated heterocycles. The van der Waals surface area contributed by atoms with Crippen molar-refractivity contribution >= 4 is 5.97 Å². The monoisotopic (exact) mass is 266 g/mol. The van der Waals surface area contributed by atoms with Crippen LogP contribution < -0.4 is 5.43 Å². The fourth-order valence-electron chi connectivity index (χ4n) is 2.39. The van der Waals surface area contributed by atoms with E-state index in [1.54, 1.807) is 6.08 Å². The molecule has 0 fully saturated rings. The summed E-state index contributed by atoms with van der Waals surface area (Å²) in [6.07, 6.45) is 12.6. The van der Waals surface area contributed by atoms with Crippen LogP contribution >= 0.6 is 0 Å². The van der Waals surface area contributed by atoms with Crippen molar-refractivity contribution in [1.82, 2.24) is 10.4 Å². The summed E-state index contributed by atoms with van der Waals surface area (Å²) < 4.78 is 0. The number of aliphatic carboxylic acids is 1. The van der Waals surface area contributed by atoms with Gasteiger partial charge in [-0.3, -0.25) is 5.01 Å². The van der Waals surface area contributed by atoms with Gasteiger partial charge in [-0.25, -0.2) is 10.2 Å². The summed E-state index contributed by atoms with van der Waals surface area (Å²) in [7, 11) is 0. The Morgan fingerprint density at radius 3 is 2.75 bits per heavy atom. The van der Waals surface area contributed by atoms with Gasteiger partial charge < -0.3 is 5.11 Å². The van der Waals surface area contributed by atoms with Gasteiger partial charge in [0.25, 0.3) is 0 Å². The number of allylic oxidation sites excluding steroid dienone is 3. The Morgan fingerprint density at radius 2 is 2.05 bits per heavy atom. The van der Waals surface area contributed by atoms with Crippen molar-refractivity contribution in [2.45, 2.75) is 5.54 Å². The smallest absolute Gasteiger partial charge is 0.328 e. The summed E-state index contributed by atoms with van der Waals surface area (Å²) in [4.78, 5) is 10.9. The van der Waals surface area contributed by atoms with Crippen LogP contribution in [0.2, 0.25) is 0 Å². The molecule has 1 aromatic carbocycles. The second-order valence-corrected chi connectivity index (χ2v) is 4.66. The maximum absolute atomic E-state index is 10.9. The molecule has 1 unspecified atom stereocenters. The van der Waals surface area contributed by atoms with Crippen LogP contribution in [0.4, 0.5) is 0 Å². The molecule has 0 aromatic heterocycles. The topological polar surface area (TPSA) is 52.6 Å². The summed E-state index contributed by atoms with van der Waals surface area (Å²) in [5.41, 5.74) is 4.67. The van der Waals surface area contributed by atoms with E-state index in [9.17, 15) is 4.79 Å². The Balaban J connectivity index is 2.07. The number of carbonyl (C=O) groups is 1. The minimum Gasteiger partial charge on any atom is -0.478 e. The number of benzene rings is 1. The molecule has 0 spiro atoms. The van der Waals surface area contributed by atoms with Gasteiger partial charge in [-0.05, 0) is 29.9 Å². The van der Waals surface area contributed by atoms with Crippen molar-refractivity contribution in [1.29, 1.82) is 0 Å². The number of carboxylic acid groups (broad SMARTS) is 1. The van der Waals surface area contributed by atoms with Crippen LogP contribution in [-0.4, -0.2) is 16.1 Å². The van der Waals surface area contributed by atoms with E-state index in [0.717, 1.165) is 11.3 Å². The van der Waals surface area contributed by atoms with Crippen LogP contribution in [0, 0.1) is 0 Å². The molecule has 0 amide bonds. The Morgan fingerprint density at radius 1 is 1.25 bits per heavy atom. The lowest BCUT2D eigenvalue weighted by molar-refractivity contribution is -0.131. The Kier molecular flexibility index (Phi) is 3.00. The number of carboxylic acids is 1. The Bertz CT molecular complexity index is 644. The molecule has 2 heterocycles. The first-order chi connectivity index (χ1) is 9.70. The van der Waals surface area contributed by atoms with Gasteiger partial charge in [-0.2, -0.15) is 0 Å². The standard InChI is InChI=1S/C16H14N2O2/c19-15(20)9-10-16(13-6-2-1-3-7-13)12-14-8-4-5-11-18(14)17-16/h1-12,17H,(H,19,20)/b10-9+. The van der Waals surface area contributed by atoms with Crippen LogP contribution in [0.3, 0.4) is 0 Å². The van der Waals surface area contributed by atoms with E-state index < -0.39 is 11.5 Å². The number of rotatable bonds is 3. The molecule has 2 aliphatic heterocycles. The quantitative estimate of drug-likeness (QED) is 0.824. The fourth-order valence-corrected chi connectivity index (χ4v) is 2.39. The van der Waals surface area contributed by atoms with Crippen LogP contribution in [0.5, 0.6) is 0 Å². The fraction of sp³-hybridized carbons (Fsp3) is 0.0625. The third kappa shape index (κ3) is 2.17. The molecule has 4 nitrogen and oxygen atoms in total. The summed E-state index contributed by atoms with van der Waals surface area (Å²) in [6, 6.07) is 9.77. The van der Waals surface area contributed by atoms with Crippen molar-refractivity contribution in [3.63, 3.8) is 0 Å². The molecular formula is C16H14N2O2. The molecule has 2 N–H and O–H groups in total. The maximum Gasteiger partial charge on any atom is 0.328 e. The van der Waals surface area contributed by atoms with E-state index in [0.29, 0.717) is 0 Å². The van der Waals surface area contributed by atoms with E-state index in [2.05, 4.69) is 5.43 Å². The van der Waals surface area contributed by atoms with Crippen LogP contribution in [0.15, 0.2) is 78.7 Å². The molecular weight excluding hydrogens is 252 g/mol. The number of fused-ring (bicyclic) bond motifs is 1. The van der Waals surface area contributed by atoms with E-state index >= 15 is 0 Å². The highest BCUT2D eigenvalue weighted by Gasteiger charge is 2.35. The summed E-state index contributed by atoms with van der Waals surface area (Å²) in [5.74, 6) is -0.962. The van der Waals surface area contributed by atoms with Gasteiger partial charge in [-0.1, -0.05) is 36.4 Å². The minimum absolute atomic E-state index is 0.645. The predicted molar refractivity (Wildman–Crippen MR) is 76.2 cm³/mol. The van der Waals surface area contributed by atoms with Crippen LogP contribution in [-0.2, 0) is 10.3 Å². The van der Waals surface area contributed by atoms with E-state index in [1.165, 1.54) is 6.08 Å². The minimum atomic E-state index is -0.962. The highest BCUT2D eigenvalue weighted by Crippen LogP contribution is 2.34. The number of nitrogens with one attached hydrogen (secondary N) is 1. The molecule has 2 aliphatic rings. The number of hydrogen-bond donors (Lipinski definition) is 2. The third-order valence-corrected chi connectivity index (χ3v) is 3.31. The van der Waals surface area contributed by atoms with Gasteiger partial charge in [0.05, 0.1) is 5.70 Å². The van der Waals surface area contributed by atoms with Gasteiger partial charge in [0.1, 0.15) is 5.54 Å². The number of nitrogens with zero attached hydrogens (tertiary/aromatic N) is 1. The summed E-state index contributed by atoms with van der Waals surface area (Å²) >= 11 is 0. The molecule has 4 heteroatoms. The Labute approximate surface area is 117 Å². The predicted octanol–water partition coefficient (Wildman–Crippen LogP) is 2.31. The lowest BCUT2D eigenvalue weighted by Gasteiger charge is -2.28. The SMILES string of the molecule is O=C(O)/C=C/C1(c2ccccc2)C=C2C=CC=CN2N1. The highest BCUT2D eigenvalue weighted by molar-refractivity contribution is 5.80. The molecule has 100 valence electrons. The molecule has 1 aromatic rings. The molecule has 1 atom stereocenters. The lowest BCUT2D eigenvalue weighted by Crippen LogP contribution is -2.41. The molecule has 0 aliphatic carbocycles. The summed E-state index contributed by atoms with van der Waals surface area (Å²) in [5, 5.41) is 10.8. The highest BCUT2D eigenvalue weighted by atomic mass is 16.4. The zero-order chi connectivity index (χ0) is 14.0. The zero-order valence-electron chi connectivity index (χ0n) is 10.7. The number of hydrazine groups is 1. The molecule has 3 rings (SSSR count). The lowest BCUT2D eigenvalue weighted by atomic mass is 9.90. The van der Waals surface area contributed by atoms with Crippen LogP contribution in [0.25, 0.3) is 0 Å². The first-order valence-electron chi connectivity index (χ1n) is 6.32. The zero-order valence-corrected chi connectivity index (χ0v) is 10.7. The molecule has 0 bridgehead atoms. The molecule has 0 saturated carbocycles. The average Bonchev–Trinajstić information content (AvgIpc) is 2.86. The van der Waals surface area contributed by atoms with E-state index in [-0.39, 0.29) is 0 Å². The van der Waals surface area contributed by atoms with Crippen molar-refractivity contribution < 1.29 is 9.90 Å². The van der Waals surface area contributed by atoms with Gasteiger partial charge in [0, 0.05) is 12.3 Å². The maximum atomic E-state index is 10.9. The van der Waals surface area contributed by atoms with Crippen molar-refractivity contribution in [3.05, 3.63) is 84.2 Å². The van der Waals surface area contributed by atoms with Crippen LogP contribution in [0.1, 0.15) is 5.56 Å². The van der Waals surface area contributed by atoms with Crippen molar-refractivity contribution in [2.75, 3.05) is 0 Å². The largest absolute Gasteiger partial charge is 0.478 e. The van der Waals surface area contributed by atoms with Gasteiger partial charge in [0.2, 0.25) is 0 Å². The second-order valence-electron chi connectivity index (χ2n) is 4.66. The average molecular weight is 266 g/mol. The van der Waals surface area contributed by atoms with Gasteiger partial charge >= 0.3 is 5.97 Å². The van der Waals surface area contributed by atoms with E-state index in [1.807, 2.05) is 65.8 Å². The summed E-state index contributed by atoms with van der Waals surface area (Å²) in [6.45, 7) is 0. The van der Waals surface area contributed by atoms with E-state index in [4.69, 9.17) is 5.11 Å². The first-order valence-corrected chi connectivity index (χ1v) is 6.32. The number of hydrogen-bond acceptors (Lipinski definition) is 3. The molecule has 20 heavy (non-hydrogen) atoms. The normalized spacial score (nSPS) is 24.0. The van der Waals surface area contributed by atoms with Gasteiger partial charge in [-0.15, -0.1) is 0 Å². The van der Waals surface area contributed by atoms with Crippen molar-refractivity contribution in [3.8, 4) is 0 Å².